The molecule has 2 aromatic rings. The minimum atomic E-state index is -1.29. The van der Waals surface area contributed by atoms with E-state index >= 15 is 0 Å². The van der Waals surface area contributed by atoms with Gasteiger partial charge in [-0.2, -0.15) is 0 Å². The van der Waals surface area contributed by atoms with E-state index in [-0.39, 0.29) is 11.6 Å². The Kier molecular flexibility index (Phi) is 3.09. The lowest BCUT2D eigenvalue weighted by Gasteiger charge is -1.98. The van der Waals surface area contributed by atoms with Crippen LogP contribution in [0.1, 0.15) is 11.8 Å². The molecule has 1 aromatic carbocycles. The van der Waals surface area contributed by atoms with Gasteiger partial charge in [-0.1, -0.05) is 0 Å². The molecule has 0 aliphatic heterocycles. The van der Waals surface area contributed by atoms with Crippen LogP contribution >= 0.6 is 0 Å². The van der Waals surface area contributed by atoms with Gasteiger partial charge in [0, 0.05) is 11.8 Å². The molecule has 4 nitrogen and oxygen atoms in total. The molecule has 0 saturated heterocycles. The van der Waals surface area contributed by atoms with Crippen LogP contribution in [0.25, 0.3) is 0 Å². The average Bonchev–Trinajstić information content (AvgIpc) is 2.65. The van der Waals surface area contributed by atoms with Crippen molar-refractivity contribution in [3.63, 3.8) is 0 Å². The molecule has 0 fully saturated rings. The van der Waals surface area contributed by atoms with Gasteiger partial charge in [-0.25, -0.2) is 4.39 Å². The van der Waals surface area contributed by atoms with Crippen LogP contribution in [-0.2, 0) is 16.6 Å². The lowest BCUT2D eigenvalue weighted by atomic mass is 10.4. The van der Waals surface area contributed by atoms with Crippen molar-refractivity contribution in [2.24, 2.45) is 0 Å². The summed E-state index contributed by atoms with van der Waals surface area (Å²) >= 11 is 0. The van der Waals surface area contributed by atoms with Crippen LogP contribution in [-0.4, -0.2) is 14.4 Å². The predicted octanol–water partition coefficient (Wildman–Crippen LogP) is 1.82. The molecule has 0 amide bonds. The monoisotopic (exact) mass is 240 g/mol. The molecular formula is C10H9FN2O2S. The Hall–Kier alpha value is -1.56. The maximum atomic E-state index is 12.6. The van der Waals surface area contributed by atoms with Crippen LogP contribution in [0.3, 0.4) is 0 Å². The molecule has 0 saturated carbocycles. The fraction of sp³-hybridized carbons (Fsp3) is 0.200. The number of hydrogen-bond donors (Lipinski definition) is 0. The van der Waals surface area contributed by atoms with Crippen LogP contribution in [0, 0.1) is 12.7 Å². The van der Waals surface area contributed by atoms with Crippen molar-refractivity contribution in [2.75, 3.05) is 0 Å². The van der Waals surface area contributed by atoms with Gasteiger partial charge in [0.05, 0.1) is 10.8 Å². The molecule has 6 heteroatoms. The third-order valence-corrected chi connectivity index (χ3v) is 3.21. The van der Waals surface area contributed by atoms with Gasteiger partial charge in [-0.05, 0) is 24.3 Å². The Morgan fingerprint density at radius 1 is 1.31 bits per heavy atom. The maximum Gasteiger partial charge on any atom is 0.229 e. The summed E-state index contributed by atoms with van der Waals surface area (Å²) in [6.45, 7) is 1.66. The summed E-state index contributed by atoms with van der Waals surface area (Å²) in [4.78, 5) is 0.539. The van der Waals surface area contributed by atoms with Crippen LogP contribution in [0.15, 0.2) is 33.6 Å². The molecule has 0 aliphatic carbocycles. The summed E-state index contributed by atoms with van der Waals surface area (Å²) in [5.41, 5.74) is 0. The second-order valence-electron chi connectivity index (χ2n) is 3.16. The van der Waals surface area contributed by atoms with Crippen LogP contribution in [0.5, 0.6) is 0 Å². The summed E-state index contributed by atoms with van der Waals surface area (Å²) in [6.07, 6.45) is 0. The SMILES string of the molecule is Cc1nnc(CS(=O)c2ccc(F)cc2)o1. The highest BCUT2D eigenvalue weighted by atomic mass is 32.2. The van der Waals surface area contributed by atoms with Gasteiger partial charge < -0.3 is 4.42 Å². The van der Waals surface area contributed by atoms with Crippen molar-refractivity contribution in [3.8, 4) is 0 Å². The third-order valence-electron chi connectivity index (χ3n) is 1.90. The van der Waals surface area contributed by atoms with Gasteiger partial charge in [0.1, 0.15) is 11.6 Å². The standard InChI is InChI=1S/C10H9FN2O2S/c1-7-12-13-10(15-7)6-16(14)9-4-2-8(11)3-5-9/h2-5H,6H2,1H3. The Morgan fingerprint density at radius 2 is 2.00 bits per heavy atom. The zero-order valence-corrected chi connectivity index (χ0v) is 9.33. The summed E-state index contributed by atoms with van der Waals surface area (Å²) in [7, 11) is -1.29. The summed E-state index contributed by atoms with van der Waals surface area (Å²) in [6, 6.07) is 5.50. The van der Waals surface area contributed by atoms with E-state index in [0.29, 0.717) is 16.7 Å². The first-order valence-electron chi connectivity index (χ1n) is 4.58. The molecule has 84 valence electrons. The quantitative estimate of drug-likeness (QED) is 0.821. The van der Waals surface area contributed by atoms with E-state index in [9.17, 15) is 8.60 Å². The van der Waals surface area contributed by atoms with Gasteiger partial charge in [0.2, 0.25) is 11.8 Å². The molecule has 1 atom stereocenters. The molecule has 0 N–H and O–H groups in total. The Morgan fingerprint density at radius 3 is 2.56 bits per heavy atom. The maximum absolute atomic E-state index is 12.6. The average molecular weight is 240 g/mol. The predicted molar refractivity (Wildman–Crippen MR) is 55.5 cm³/mol. The summed E-state index contributed by atoms with van der Waals surface area (Å²) in [5.74, 6) is 0.549. The molecule has 0 aliphatic rings. The van der Waals surface area contributed by atoms with Crippen molar-refractivity contribution in [2.45, 2.75) is 17.6 Å². The minimum Gasteiger partial charge on any atom is -0.425 e. The number of aryl methyl sites for hydroxylation is 1. The van der Waals surface area contributed by atoms with Crippen LogP contribution in [0.4, 0.5) is 4.39 Å². The Bertz CT molecular complexity index is 510. The normalized spacial score (nSPS) is 12.6. The highest BCUT2D eigenvalue weighted by Gasteiger charge is 2.10. The van der Waals surface area contributed by atoms with E-state index in [0.717, 1.165) is 0 Å². The summed E-state index contributed by atoms with van der Waals surface area (Å²) in [5, 5.41) is 7.38. The number of nitrogens with zero attached hydrogens (tertiary/aromatic N) is 2. The van der Waals surface area contributed by atoms with E-state index in [1.165, 1.54) is 24.3 Å². The fourth-order valence-corrected chi connectivity index (χ4v) is 2.12. The third kappa shape index (κ3) is 2.52. The highest BCUT2D eigenvalue weighted by molar-refractivity contribution is 7.84. The molecule has 16 heavy (non-hydrogen) atoms. The van der Waals surface area contributed by atoms with Crippen molar-refractivity contribution < 1.29 is 13.0 Å². The van der Waals surface area contributed by atoms with Gasteiger partial charge in [0.15, 0.2) is 0 Å². The Labute approximate surface area is 94.0 Å². The molecule has 0 bridgehead atoms. The van der Waals surface area contributed by atoms with Crippen LogP contribution < -0.4 is 0 Å². The van der Waals surface area contributed by atoms with Crippen molar-refractivity contribution >= 4 is 10.8 Å². The van der Waals surface area contributed by atoms with Gasteiger partial charge >= 0.3 is 0 Å². The summed E-state index contributed by atoms with van der Waals surface area (Å²) < 4.78 is 29.5. The second kappa shape index (κ2) is 4.52. The number of halogens is 1. The molecular weight excluding hydrogens is 231 g/mol. The first-order chi connectivity index (χ1) is 7.65. The first-order valence-corrected chi connectivity index (χ1v) is 5.90. The molecule has 1 heterocycles. The largest absolute Gasteiger partial charge is 0.425 e. The lowest BCUT2D eigenvalue weighted by Crippen LogP contribution is -1.96. The van der Waals surface area contributed by atoms with E-state index in [1.54, 1.807) is 6.92 Å². The van der Waals surface area contributed by atoms with Crippen molar-refractivity contribution in [3.05, 3.63) is 41.9 Å². The van der Waals surface area contributed by atoms with E-state index < -0.39 is 10.8 Å². The molecule has 0 radical (unpaired) electrons. The number of hydrogen-bond acceptors (Lipinski definition) is 4. The van der Waals surface area contributed by atoms with E-state index in [1.807, 2.05) is 0 Å². The molecule has 0 spiro atoms. The number of benzene rings is 1. The van der Waals surface area contributed by atoms with Crippen molar-refractivity contribution in [1.29, 1.82) is 0 Å². The van der Waals surface area contributed by atoms with Crippen molar-refractivity contribution in [1.82, 2.24) is 10.2 Å². The minimum absolute atomic E-state index is 0.145. The van der Waals surface area contributed by atoms with Gasteiger partial charge in [0.25, 0.3) is 0 Å². The zero-order chi connectivity index (χ0) is 11.5. The highest BCUT2D eigenvalue weighted by Crippen LogP contribution is 2.12. The van der Waals surface area contributed by atoms with Gasteiger partial charge in [-0.3, -0.25) is 4.21 Å². The zero-order valence-electron chi connectivity index (χ0n) is 8.51. The second-order valence-corrected chi connectivity index (χ2v) is 4.61. The van der Waals surface area contributed by atoms with Gasteiger partial charge in [-0.15, -0.1) is 10.2 Å². The molecule has 2 rings (SSSR count). The Balaban J connectivity index is 2.11. The first kappa shape index (κ1) is 10.9. The smallest absolute Gasteiger partial charge is 0.229 e. The molecule has 1 unspecified atom stereocenters. The fourth-order valence-electron chi connectivity index (χ4n) is 1.18. The molecule has 1 aromatic heterocycles. The lowest BCUT2D eigenvalue weighted by molar-refractivity contribution is 0.483. The van der Waals surface area contributed by atoms with E-state index in [2.05, 4.69) is 10.2 Å². The number of aromatic nitrogens is 2. The number of rotatable bonds is 3. The topological polar surface area (TPSA) is 56.0 Å². The van der Waals surface area contributed by atoms with Crippen LogP contribution in [0.2, 0.25) is 0 Å². The van der Waals surface area contributed by atoms with E-state index in [4.69, 9.17) is 4.42 Å².